The van der Waals surface area contributed by atoms with Crippen molar-refractivity contribution in [2.75, 3.05) is 13.7 Å². The van der Waals surface area contributed by atoms with Gasteiger partial charge in [-0.1, -0.05) is 6.92 Å². The Bertz CT molecular complexity index is 322. The van der Waals surface area contributed by atoms with Crippen LogP contribution in [0.25, 0.3) is 0 Å². The molecule has 88 valence electrons. The Kier molecular flexibility index (Phi) is 3.72. The van der Waals surface area contributed by atoms with Crippen molar-refractivity contribution in [1.82, 2.24) is 15.5 Å². The lowest BCUT2D eigenvalue weighted by Crippen LogP contribution is -2.24. The lowest BCUT2D eigenvalue weighted by atomic mass is 10.1. The summed E-state index contributed by atoms with van der Waals surface area (Å²) >= 11 is 0. The number of hydrogen-bond acceptors (Lipinski definition) is 4. The molecule has 1 unspecified atom stereocenters. The zero-order valence-electron chi connectivity index (χ0n) is 9.94. The molecule has 1 aromatic rings. The highest BCUT2D eigenvalue weighted by atomic mass is 16.5. The van der Waals surface area contributed by atoms with Gasteiger partial charge in [0.15, 0.2) is 0 Å². The second kappa shape index (κ2) is 5.25. The number of hydrogen-bond donors (Lipinski definition) is 1. The Morgan fingerprint density at radius 2 is 2.25 bits per heavy atom. The van der Waals surface area contributed by atoms with E-state index in [0.717, 1.165) is 24.6 Å². The first-order valence-corrected chi connectivity index (χ1v) is 5.96. The normalized spacial score (nSPS) is 17.1. The standard InChI is InChI=1S/C12H19N3O/c1-3-8-13-12(9-4-5-9)10-6-7-11(16-2)15-14-10/h6-7,9,12-13H,3-5,8H2,1-2H3. The van der Waals surface area contributed by atoms with Crippen LogP contribution < -0.4 is 10.1 Å². The largest absolute Gasteiger partial charge is 0.480 e. The summed E-state index contributed by atoms with van der Waals surface area (Å²) in [6.07, 6.45) is 3.75. The predicted molar refractivity (Wildman–Crippen MR) is 62.3 cm³/mol. The van der Waals surface area contributed by atoms with Gasteiger partial charge in [-0.2, -0.15) is 5.10 Å². The number of nitrogens with zero attached hydrogens (tertiary/aromatic N) is 2. The van der Waals surface area contributed by atoms with Gasteiger partial charge in [0.2, 0.25) is 5.88 Å². The van der Waals surface area contributed by atoms with Crippen LogP contribution in [-0.4, -0.2) is 23.9 Å². The second-order valence-electron chi connectivity index (χ2n) is 4.27. The average Bonchev–Trinajstić information content (AvgIpc) is 3.15. The van der Waals surface area contributed by atoms with Crippen LogP contribution in [0.4, 0.5) is 0 Å². The van der Waals surface area contributed by atoms with Gasteiger partial charge in [0.05, 0.1) is 18.8 Å². The average molecular weight is 221 g/mol. The van der Waals surface area contributed by atoms with Gasteiger partial charge in [0, 0.05) is 6.07 Å². The van der Waals surface area contributed by atoms with Gasteiger partial charge in [0.25, 0.3) is 0 Å². The van der Waals surface area contributed by atoms with Crippen LogP contribution in [0.2, 0.25) is 0 Å². The molecular formula is C12H19N3O. The molecule has 4 nitrogen and oxygen atoms in total. The smallest absolute Gasteiger partial charge is 0.233 e. The molecule has 0 spiro atoms. The zero-order chi connectivity index (χ0) is 11.4. The van der Waals surface area contributed by atoms with Gasteiger partial charge >= 0.3 is 0 Å². The number of rotatable bonds is 6. The Hall–Kier alpha value is -1.16. The topological polar surface area (TPSA) is 47.0 Å². The van der Waals surface area contributed by atoms with Crippen LogP contribution in [0.3, 0.4) is 0 Å². The Morgan fingerprint density at radius 3 is 2.75 bits per heavy atom. The van der Waals surface area contributed by atoms with Crippen LogP contribution >= 0.6 is 0 Å². The minimum atomic E-state index is 0.373. The first-order valence-electron chi connectivity index (χ1n) is 5.96. The van der Waals surface area contributed by atoms with Crippen LogP contribution in [0.5, 0.6) is 5.88 Å². The third-order valence-electron chi connectivity index (χ3n) is 2.90. The van der Waals surface area contributed by atoms with E-state index in [1.807, 2.05) is 12.1 Å². The van der Waals surface area contributed by atoms with E-state index in [4.69, 9.17) is 4.74 Å². The molecule has 0 bridgehead atoms. The molecule has 2 rings (SSSR count). The summed E-state index contributed by atoms with van der Waals surface area (Å²) in [5, 5.41) is 11.8. The van der Waals surface area contributed by atoms with E-state index in [0.29, 0.717) is 11.9 Å². The molecule has 1 fully saturated rings. The Morgan fingerprint density at radius 1 is 1.44 bits per heavy atom. The SMILES string of the molecule is CCCNC(c1ccc(OC)nn1)C1CC1. The van der Waals surface area contributed by atoms with E-state index in [-0.39, 0.29) is 0 Å². The van der Waals surface area contributed by atoms with Gasteiger partial charge < -0.3 is 10.1 Å². The zero-order valence-corrected chi connectivity index (χ0v) is 9.94. The quantitative estimate of drug-likeness (QED) is 0.797. The van der Waals surface area contributed by atoms with Crippen LogP contribution in [0, 0.1) is 5.92 Å². The van der Waals surface area contributed by atoms with E-state index in [2.05, 4.69) is 22.4 Å². The number of ether oxygens (including phenoxy) is 1. The van der Waals surface area contributed by atoms with Crippen molar-refractivity contribution >= 4 is 0 Å². The van der Waals surface area contributed by atoms with E-state index >= 15 is 0 Å². The minimum absolute atomic E-state index is 0.373. The van der Waals surface area contributed by atoms with Gasteiger partial charge in [-0.15, -0.1) is 5.10 Å². The van der Waals surface area contributed by atoms with Crippen molar-refractivity contribution in [2.24, 2.45) is 5.92 Å². The van der Waals surface area contributed by atoms with Gasteiger partial charge in [-0.05, 0) is 37.8 Å². The molecule has 1 aliphatic rings. The van der Waals surface area contributed by atoms with Crippen molar-refractivity contribution in [3.8, 4) is 5.88 Å². The summed E-state index contributed by atoms with van der Waals surface area (Å²) in [7, 11) is 1.61. The lowest BCUT2D eigenvalue weighted by molar-refractivity contribution is 0.387. The van der Waals surface area contributed by atoms with E-state index < -0.39 is 0 Å². The maximum atomic E-state index is 5.01. The maximum Gasteiger partial charge on any atom is 0.233 e. The summed E-state index contributed by atoms with van der Waals surface area (Å²) in [5.41, 5.74) is 1.04. The maximum absolute atomic E-state index is 5.01. The number of methoxy groups -OCH3 is 1. The molecule has 0 saturated heterocycles. The second-order valence-corrected chi connectivity index (χ2v) is 4.27. The molecule has 16 heavy (non-hydrogen) atoms. The summed E-state index contributed by atoms with van der Waals surface area (Å²) < 4.78 is 5.01. The highest BCUT2D eigenvalue weighted by Gasteiger charge is 2.32. The van der Waals surface area contributed by atoms with Crippen LogP contribution in [0.15, 0.2) is 12.1 Å². The van der Waals surface area contributed by atoms with Crippen molar-refractivity contribution in [2.45, 2.75) is 32.2 Å². The summed E-state index contributed by atoms with van der Waals surface area (Å²) in [6.45, 7) is 3.21. The molecule has 1 saturated carbocycles. The molecule has 1 heterocycles. The van der Waals surface area contributed by atoms with E-state index in [1.54, 1.807) is 7.11 Å². The summed E-state index contributed by atoms with van der Waals surface area (Å²) in [5.74, 6) is 1.32. The first kappa shape index (κ1) is 11.3. The van der Waals surface area contributed by atoms with Gasteiger partial charge in [0.1, 0.15) is 0 Å². The fraction of sp³-hybridized carbons (Fsp3) is 0.667. The molecule has 0 aromatic carbocycles. The van der Waals surface area contributed by atoms with Gasteiger partial charge in [-0.25, -0.2) is 0 Å². The van der Waals surface area contributed by atoms with E-state index in [9.17, 15) is 0 Å². The molecule has 4 heteroatoms. The molecule has 1 aliphatic carbocycles. The molecule has 1 atom stereocenters. The monoisotopic (exact) mass is 221 g/mol. The first-order chi connectivity index (χ1) is 7.85. The summed E-state index contributed by atoms with van der Waals surface area (Å²) in [6, 6.07) is 4.27. The van der Waals surface area contributed by atoms with Gasteiger partial charge in [-0.3, -0.25) is 0 Å². The third kappa shape index (κ3) is 2.70. The molecule has 0 radical (unpaired) electrons. The fourth-order valence-electron chi connectivity index (χ4n) is 1.85. The highest BCUT2D eigenvalue weighted by Crippen LogP contribution is 2.40. The lowest BCUT2D eigenvalue weighted by Gasteiger charge is -2.16. The van der Waals surface area contributed by atoms with E-state index in [1.165, 1.54) is 12.8 Å². The predicted octanol–water partition coefficient (Wildman–Crippen LogP) is 1.94. The van der Waals surface area contributed by atoms with Crippen molar-refractivity contribution in [3.05, 3.63) is 17.8 Å². The molecule has 1 aromatic heterocycles. The summed E-state index contributed by atoms with van der Waals surface area (Å²) in [4.78, 5) is 0. The fourth-order valence-corrected chi connectivity index (χ4v) is 1.85. The van der Waals surface area contributed by atoms with Crippen molar-refractivity contribution < 1.29 is 4.74 Å². The highest BCUT2D eigenvalue weighted by molar-refractivity contribution is 5.16. The Labute approximate surface area is 96.4 Å². The van der Waals surface area contributed by atoms with Crippen LogP contribution in [-0.2, 0) is 0 Å². The Balaban J connectivity index is 2.05. The third-order valence-corrected chi connectivity index (χ3v) is 2.90. The molecule has 0 amide bonds. The molecule has 0 aliphatic heterocycles. The molecular weight excluding hydrogens is 202 g/mol. The molecule has 1 N–H and O–H groups in total. The van der Waals surface area contributed by atoms with Crippen molar-refractivity contribution in [1.29, 1.82) is 0 Å². The number of nitrogens with one attached hydrogen (secondary N) is 1. The van der Waals surface area contributed by atoms with Crippen molar-refractivity contribution in [3.63, 3.8) is 0 Å². The minimum Gasteiger partial charge on any atom is -0.480 e. The number of aromatic nitrogens is 2. The van der Waals surface area contributed by atoms with Crippen LogP contribution in [0.1, 0.15) is 37.9 Å².